The van der Waals surface area contributed by atoms with Gasteiger partial charge in [0.2, 0.25) is 5.91 Å². The summed E-state index contributed by atoms with van der Waals surface area (Å²) in [5.41, 5.74) is 1.18. The molecule has 2 rings (SSSR count). The van der Waals surface area contributed by atoms with Gasteiger partial charge in [0.25, 0.3) is 0 Å². The molecular weight excluding hydrogens is 268 g/mol. The first kappa shape index (κ1) is 15.6. The third-order valence-corrected chi connectivity index (χ3v) is 3.82. The third-order valence-electron chi connectivity index (χ3n) is 3.82. The van der Waals surface area contributed by atoms with E-state index in [0.717, 1.165) is 43.9 Å². The SMILES string of the molecule is COc1ccc(CCCNC(=O)C2CCNC2)cc1OC. The number of carbonyl (C=O) groups is 1. The van der Waals surface area contributed by atoms with Crippen LogP contribution in [0.3, 0.4) is 0 Å². The summed E-state index contributed by atoms with van der Waals surface area (Å²) in [7, 11) is 3.27. The lowest BCUT2D eigenvalue weighted by Gasteiger charge is -2.11. The number of rotatable bonds is 7. The van der Waals surface area contributed by atoms with Crippen LogP contribution in [0.5, 0.6) is 11.5 Å². The molecule has 1 aromatic carbocycles. The zero-order valence-electron chi connectivity index (χ0n) is 12.8. The Hall–Kier alpha value is -1.75. The van der Waals surface area contributed by atoms with E-state index in [4.69, 9.17) is 9.47 Å². The quantitative estimate of drug-likeness (QED) is 0.745. The van der Waals surface area contributed by atoms with Gasteiger partial charge in [-0.25, -0.2) is 0 Å². The smallest absolute Gasteiger partial charge is 0.224 e. The van der Waals surface area contributed by atoms with Gasteiger partial charge in [-0.1, -0.05) is 6.07 Å². The molecule has 0 bridgehead atoms. The van der Waals surface area contributed by atoms with Gasteiger partial charge in [0.15, 0.2) is 11.5 Å². The van der Waals surface area contributed by atoms with Crippen molar-refractivity contribution in [2.24, 2.45) is 5.92 Å². The Morgan fingerprint density at radius 2 is 2.14 bits per heavy atom. The van der Waals surface area contributed by atoms with Gasteiger partial charge in [-0.15, -0.1) is 0 Å². The summed E-state index contributed by atoms with van der Waals surface area (Å²) in [6, 6.07) is 5.93. The Bertz CT molecular complexity index is 471. The summed E-state index contributed by atoms with van der Waals surface area (Å²) in [4.78, 5) is 11.9. The van der Waals surface area contributed by atoms with Crippen molar-refractivity contribution in [3.63, 3.8) is 0 Å². The van der Waals surface area contributed by atoms with Crippen LogP contribution in [0.1, 0.15) is 18.4 Å². The van der Waals surface area contributed by atoms with Crippen molar-refractivity contribution in [1.82, 2.24) is 10.6 Å². The van der Waals surface area contributed by atoms with E-state index in [1.165, 1.54) is 5.56 Å². The maximum Gasteiger partial charge on any atom is 0.224 e. The summed E-state index contributed by atoms with van der Waals surface area (Å²) in [6.45, 7) is 2.47. The van der Waals surface area contributed by atoms with Gasteiger partial charge in [-0.2, -0.15) is 0 Å². The first-order chi connectivity index (χ1) is 10.2. The van der Waals surface area contributed by atoms with E-state index in [-0.39, 0.29) is 11.8 Å². The van der Waals surface area contributed by atoms with Crippen LogP contribution in [0.25, 0.3) is 0 Å². The molecule has 1 amide bonds. The third kappa shape index (κ3) is 4.36. The molecule has 1 unspecified atom stereocenters. The van der Waals surface area contributed by atoms with Crippen molar-refractivity contribution in [3.05, 3.63) is 23.8 Å². The van der Waals surface area contributed by atoms with Crippen molar-refractivity contribution in [2.45, 2.75) is 19.3 Å². The molecular formula is C16H24N2O3. The standard InChI is InChI=1S/C16H24N2O3/c1-20-14-6-5-12(10-15(14)21-2)4-3-8-18-16(19)13-7-9-17-11-13/h5-6,10,13,17H,3-4,7-9,11H2,1-2H3,(H,18,19). The van der Waals surface area contributed by atoms with Crippen LogP contribution in [0.2, 0.25) is 0 Å². The maximum absolute atomic E-state index is 11.9. The molecule has 2 N–H and O–H groups in total. The fourth-order valence-electron chi connectivity index (χ4n) is 2.56. The Labute approximate surface area is 126 Å². The molecule has 5 nitrogen and oxygen atoms in total. The molecule has 1 heterocycles. The van der Waals surface area contributed by atoms with Gasteiger partial charge >= 0.3 is 0 Å². The highest BCUT2D eigenvalue weighted by atomic mass is 16.5. The van der Waals surface area contributed by atoms with E-state index in [1.54, 1.807) is 14.2 Å². The molecule has 1 fully saturated rings. The van der Waals surface area contributed by atoms with Gasteiger partial charge in [0, 0.05) is 13.1 Å². The van der Waals surface area contributed by atoms with E-state index in [9.17, 15) is 4.79 Å². The molecule has 1 saturated heterocycles. The van der Waals surface area contributed by atoms with E-state index in [2.05, 4.69) is 10.6 Å². The molecule has 116 valence electrons. The average molecular weight is 292 g/mol. The molecule has 0 aliphatic carbocycles. The predicted octanol–water partition coefficient (Wildman–Crippen LogP) is 1.36. The van der Waals surface area contributed by atoms with Crippen LogP contribution in [-0.4, -0.2) is 39.8 Å². The second kappa shape index (κ2) is 7.88. The van der Waals surface area contributed by atoms with Crippen molar-refractivity contribution in [3.8, 4) is 11.5 Å². The molecule has 0 radical (unpaired) electrons. The van der Waals surface area contributed by atoms with Crippen LogP contribution < -0.4 is 20.1 Å². The Morgan fingerprint density at radius 1 is 1.33 bits per heavy atom. The van der Waals surface area contributed by atoms with Gasteiger partial charge in [0.05, 0.1) is 20.1 Å². The van der Waals surface area contributed by atoms with E-state index >= 15 is 0 Å². The lowest BCUT2D eigenvalue weighted by atomic mass is 10.1. The summed E-state index contributed by atoms with van der Waals surface area (Å²) >= 11 is 0. The van der Waals surface area contributed by atoms with Crippen molar-refractivity contribution < 1.29 is 14.3 Å². The van der Waals surface area contributed by atoms with Crippen LogP contribution >= 0.6 is 0 Å². The number of methoxy groups -OCH3 is 2. The van der Waals surface area contributed by atoms with Crippen molar-refractivity contribution >= 4 is 5.91 Å². The lowest BCUT2D eigenvalue weighted by Crippen LogP contribution is -2.32. The summed E-state index contributed by atoms with van der Waals surface area (Å²) in [6.07, 6.45) is 2.77. The zero-order chi connectivity index (χ0) is 15.1. The van der Waals surface area contributed by atoms with Gasteiger partial charge in [-0.05, 0) is 43.5 Å². The Kier molecular flexibility index (Phi) is 5.87. The van der Waals surface area contributed by atoms with Gasteiger partial charge < -0.3 is 20.1 Å². The summed E-state index contributed by atoms with van der Waals surface area (Å²) in [5.74, 6) is 1.80. The van der Waals surface area contributed by atoms with Crippen LogP contribution in [-0.2, 0) is 11.2 Å². The van der Waals surface area contributed by atoms with Crippen LogP contribution in [0.4, 0.5) is 0 Å². The first-order valence-corrected chi connectivity index (χ1v) is 7.44. The largest absolute Gasteiger partial charge is 0.493 e. The normalized spacial score (nSPS) is 17.5. The minimum Gasteiger partial charge on any atom is -0.493 e. The molecule has 1 aromatic rings. The molecule has 21 heavy (non-hydrogen) atoms. The number of amides is 1. The topological polar surface area (TPSA) is 59.6 Å². The highest BCUT2D eigenvalue weighted by Crippen LogP contribution is 2.27. The van der Waals surface area contributed by atoms with E-state index in [1.807, 2.05) is 18.2 Å². The summed E-state index contributed by atoms with van der Waals surface area (Å²) in [5, 5.41) is 6.22. The first-order valence-electron chi connectivity index (χ1n) is 7.44. The number of nitrogens with one attached hydrogen (secondary N) is 2. The number of ether oxygens (including phenoxy) is 2. The minimum absolute atomic E-state index is 0.145. The second-order valence-electron chi connectivity index (χ2n) is 5.27. The molecule has 0 aromatic heterocycles. The molecule has 5 heteroatoms. The predicted molar refractivity (Wildman–Crippen MR) is 81.9 cm³/mol. The van der Waals surface area contributed by atoms with Gasteiger partial charge in [-0.3, -0.25) is 4.79 Å². The number of hydrogen-bond acceptors (Lipinski definition) is 4. The fourth-order valence-corrected chi connectivity index (χ4v) is 2.56. The lowest BCUT2D eigenvalue weighted by molar-refractivity contribution is -0.124. The maximum atomic E-state index is 11.9. The Morgan fingerprint density at radius 3 is 2.81 bits per heavy atom. The highest BCUT2D eigenvalue weighted by Gasteiger charge is 2.21. The number of aryl methyl sites for hydroxylation is 1. The number of hydrogen-bond donors (Lipinski definition) is 2. The minimum atomic E-state index is 0.145. The number of benzene rings is 1. The molecule has 1 aliphatic rings. The molecule has 1 aliphatic heterocycles. The highest BCUT2D eigenvalue weighted by molar-refractivity contribution is 5.79. The van der Waals surface area contributed by atoms with Crippen molar-refractivity contribution in [2.75, 3.05) is 33.9 Å². The summed E-state index contributed by atoms with van der Waals surface area (Å²) < 4.78 is 10.5. The molecule has 1 atom stereocenters. The molecule has 0 saturated carbocycles. The molecule has 0 spiro atoms. The van der Waals surface area contributed by atoms with Gasteiger partial charge in [0.1, 0.15) is 0 Å². The number of carbonyl (C=O) groups excluding carboxylic acids is 1. The fraction of sp³-hybridized carbons (Fsp3) is 0.562. The van der Waals surface area contributed by atoms with Crippen molar-refractivity contribution in [1.29, 1.82) is 0 Å². The zero-order valence-corrected chi connectivity index (χ0v) is 12.8. The van der Waals surface area contributed by atoms with E-state index in [0.29, 0.717) is 6.54 Å². The Balaban J connectivity index is 1.74. The van der Waals surface area contributed by atoms with Crippen LogP contribution in [0.15, 0.2) is 18.2 Å². The second-order valence-corrected chi connectivity index (χ2v) is 5.27. The van der Waals surface area contributed by atoms with Crippen LogP contribution in [0, 0.1) is 5.92 Å². The monoisotopic (exact) mass is 292 g/mol. The van der Waals surface area contributed by atoms with E-state index < -0.39 is 0 Å². The average Bonchev–Trinajstić information content (AvgIpc) is 3.05.